The van der Waals surface area contributed by atoms with Crippen molar-refractivity contribution in [3.63, 3.8) is 0 Å². The van der Waals surface area contributed by atoms with Crippen molar-refractivity contribution in [1.29, 1.82) is 0 Å². The number of hydrogen-bond donors (Lipinski definition) is 1. The second-order valence-electron chi connectivity index (χ2n) is 5.33. The van der Waals surface area contributed by atoms with Crippen LogP contribution in [0.15, 0.2) is 59.5 Å². The summed E-state index contributed by atoms with van der Waals surface area (Å²) in [5.74, 6) is 0. The molecule has 2 heterocycles. The largest absolute Gasteiger partial charge is 0.394 e. The zero-order valence-electron chi connectivity index (χ0n) is 12.2. The minimum absolute atomic E-state index is 0.118. The topological polar surface area (TPSA) is 60.7 Å². The van der Waals surface area contributed by atoms with E-state index in [9.17, 15) is 9.90 Å². The van der Waals surface area contributed by atoms with Crippen molar-refractivity contribution in [2.75, 3.05) is 6.61 Å². The highest BCUT2D eigenvalue weighted by Crippen LogP contribution is 2.30. The van der Waals surface area contributed by atoms with Gasteiger partial charge in [0.05, 0.1) is 19.3 Å². The quantitative estimate of drug-likeness (QED) is 0.913. The minimum Gasteiger partial charge on any atom is -0.394 e. The number of hydrogen-bond acceptors (Lipinski definition) is 4. The number of nitrogens with zero attached hydrogens (tertiary/aromatic N) is 1. The molecule has 1 aromatic heterocycles. The van der Waals surface area contributed by atoms with E-state index in [1.807, 2.05) is 30.3 Å². The van der Waals surface area contributed by atoms with Crippen molar-refractivity contribution in [3.8, 4) is 0 Å². The number of rotatable bonds is 5. The van der Waals surface area contributed by atoms with E-state index in [-0.39, 0.29) is 18.3 Å². The molecule has 22 heavy (non-hydrogen) atoms. The molecule has 5 heteroatoms. The normalized spacial score (nSPS) is 24.5. The first-order valence-electron chi connectivity index (χ1n) is 7.37. The van der Waals surface area contributed by atoms with Crippen molar-refractivity contribution < 1.29 is 14.6 Å². The molecule has 3 rings (SSSR count). The molecule has 116 valence electrons. The maximum atomic E-state index is 11.9. The van der Waals surface area contributed by atoms with E-state index < -0.39 is 12.3 Å². The Morgan fingerprint density at radius 2 is 1.95 bits per heavy atom. The summed E-state index contributed by atoms with van der Waals surface area (Å²) < 4.78 is 13.2. The van der Waals surface area contributed by atoms with Gasteiger partial charge in [0.1, 0.15) is 12.3 Å². The molecule has 0 radical (unpaired) electrons. The van der Waals surface area contributed by atoms with Crippen LogP contribution in [0.5, 0.6) is 0 Å². The van der Waals surface area contributed by atoms with Gasteiger partial charge in [-0.2, -0.15) is 0 Å². The lowest BCUT2D eigenvalue weighted by atomic mass is 10.1. The Morgan fingerprint density at radius 3 is 2.68 bits per heavy atom. The van der Waals surface area contributed by atoms with E-state index in [0.29, 0.717) is 13.0 Å². The Hall–Kier alpha value is -1.95. The first-order valence-corrected chi connectivity index (χ1v) is 7.37. The van der Waals surface area contributed by atoms with Crippen LogP contribution in [0.1, 0.15) is 18.2 Å². The van der Waals surface area contributed by atoms with Gasteiger partial charge in [0.15, 0.2) is 0 Å². The maximum absolute atomic E-state index is 11.9. The van der Waals surface area contributed by atoms with Gasteiger partial charge in [-0.05, 0) is 11.6 Å². The third-order valence-electron chi connectivity index (χ3n) is 3.83. The van der Waals surface area contributed by atoms with Gasteiger partial charge >= 0.3 is 0 Å². The summed E-state index contributed by atoms with van der Waals surface area (Å²) in [7, 11) is 0. The van der Waals surface area contributed by atoms with Crippen LogP contribution in [0.2, 0.25) is 0 Å². The fraction of sp³-hybridized carbons (Fsp3) is 0.353. The lowest BCUT2D eigenvalue weighted by Crippen LogP contribution is -2.27. The van der Waals surface area contributed by atoms with Crippen LogP contribution in [0, 0.1) is 0 Å². The first-order chi connectivity index (χ1) is 10.8. The van der Waals surface area contributed by atoms with Gasteiger partial charge < -0.3 is 14.6 Å². The predicted molar refractivity (Wildman–Crippen MR) is 81.3 cm³/mol. The molecule has 0 amide bonds. The van der Waals surface area contributed by atoms with Crippen molar-refractivity contribution in [1.82, 2.24) is 4.57 Å². The molecule has 0 bridgehead atoms. The number of aliphatic hydroxyl groups is 1. The number of ether oxygens (including phenoxy) is 2. The molecule has 1 saturated heterocycles. The fourth-order valence-corrected chi connectivity index (χ4v) is 2.67. The van der Waals surface area contributed by atoms with Gasteiger partial charge in [-0.1, -0.05) is 36.4 Å². The second-order valence-corrected chi connectivity index (χ2v) is 5.33. The van der Waals surface area contributed by atoms with Crippen LogP contribution < -0.4 is 5.56 Å². The van der Waals surface area contributed by atoms with Gasteiger partial charge in [0, 0.05) is 18.7 Å². The van der Waals surface area contributed by atoms with Crippen LogP contribution in [-0.2, 0) is 16.1 Å². The van der Waals surface area contributed by atoms with Crippen molar-refractivity contribution in [2.45, 2.75) is 31.5 Å². The molecule has 0 unspecified atom stereocenters. The van der Waals surface area contributed by atoms with Gasteiger partial charge in [-0.15, -0.1) is 0 Å². The summed E-state index contributed by atoms with van der Waals surface area (Å²) in [5, 5.41) is 9.48. The number of pyridine rings is 1. The van der Waals surface area contributed by atoms with Crippen LogP contribution in [0.3, 0.4) is 0 Å². The minimum atomic E-state index is -0.416. The lowest BCUT2D eigenvalue weighted by Gasteiger charge is -2.16. The molecule has 0 saturated carbocycles. The van der Waals surface area contributed by atoms with E-state index in [4.69, 9.17) is 9.47 Å². The molecule has 1 aliphatic rings. The van der Waals surface area contributed by atoms with Crippen LogP contribution in [0.4, 0.5) is 0 Å². The Kier molecular flexibility index (Phi) is 4.68. The zero-order valence-corrected chi connectivity index (χ0v) is 12.2. The van der Waals surface area contributed by atoms with Crippen molar-refractivity contribution >= 4 is 0 Å². The lowest BCUT2D eigenvalue weighted by molar-refractivity contribution is -0.0655. The summed E-state index contributed by atoms with van der Waals surface area (Å²) in [6.45, 7) is 0.333. The van der Waals surface area contributed by atoms with Gasteiger partial charge in [0.2, 0.25) is 0 Å². The van der Waals surface area contributed by atoms with Crippen LogP contribution >= 0.6 is 0 Å². The highest BCUT2D eigenvalue weighted by atomic mass is 16.6. The summed E-state index contributed by atoms with van der Waals surface area (Å²) in [6.07, 6.45) is 1.19. The summed E-state index contributed by atoms with van der Waals surface area (Å²) in [5.41, 5.74) is 0.951. The monoisotopic (exact) mass is 301 g/mol. The summed E-state index contributed by atoms with van der Waals surface area (Å²) in [6, 6.07) is 14.8. The molecule has 3 atom stereocenters. The number of benzene rings is 1. The van der Waals surface area contributed by atoms with Gasteiger partial charge in [-0.3, -0.25) is 9.36 Å². The van der Waals surface area contributed by atoms with E-state index in [2.05, 4.69) is 0 Å². The molecule has 5 nitrogen and oxygen atoms in total. The standard InChI is InChI=1S/C17H19NO4/c19-11-15-14(21-12-13-6-2-1-3-7-13)10-17(22-15)18-9-5-4-8-16(18)20/h1-9,14-15,17,19H,10-12H2/t14-,15+,17+/m0/s1. The predicted octanol–water partition coefficient (Wildman–Crippen LogP) is 1.71. The van der Waals surface area contributed by atoms with E-state index in [1.54, 1.807) is 18.3 Å². The Bertz CT molecular complexity index is 655. The Balaban J connectivity index is 1.67. The van der Waals surface area contributed by atoms with Crippen LogP contribution in [-0.4, -0.2) is 28.5 Å². The van der Waals surface area contributed by atoms with Gasteiger partial charge in [0.25, 0.3) is 5.56 Å². The smallest absolute Gasteiger partial charge is 0.252 e. The molecular formula is C17H19NO4. The highest BCUT2D eigenvalue weighted by molar-refractivity contribution is 5.13. The Labute approximate surface area is 128 Å². The third-order valence-corrected chi connectivity index (χ3v) is 3.83. The average molecular weight is 301 g/mol. The van der Waals surface area contributed by atoms with Crippen LogP contribution in [0.25, 0.3) is 0 Å². The molecule has 0 spiro atoms. The molecule has 0 aliphatic carbocycles. The van der Waals surface area contributed by atoms with Crippen molar-refractivity contribution in [3.05, 3.63) is 70.6 Å². The van der Waals surface area contributed by atoms with Gasteiger partial charge in [-0.25, -0.2) is 0 Å². The summed E-state index contributed by atoms with van der Waals surface area (Å²) in [4.78, 5) is 11.9. The van der Waals surface area contributed by atoms with Crippen molar-refractivity contribution in [2.24, 2.45) is 0 Å². The van der Waals surface area contributed by atoms with E-state index in [0.717, 1.165) is 5.56 Å². The zero-order chi connectivity index (χ0) is 15.4. The maximum Gasteiger partial charge on any atom is 0.252 e. The first kappa shape index (κ1) is 15.0. The highest BCUT2D eigenvalue weighted by Gasteiger charge is 2.36. The molecular weight excluding hydrogens is 282 g/mol. The Morgan fingerprint density at radius 1 is 1.18 bits per heavy atom. The van der Waals surface area contributed by atoms with E-state index >= 15 is 0 Å². The van der Waals surface area contributed by atoms with E-state index in [1.165, 1.54) is 10.6 Å². The fourth-order valence-electron chi connectivity index (χ4n) is 2.67. The average Bonchev–Trinajstić information content (AvgIpc) is 2.97. The molecule has 1 N–H and O–H groups in total. The third kappa shape index (κ3) is 3.27. The molecule has 2 aromatic rings. The molecule has 1 aromatic carbocycles. The summed E-state index contributed by atoms with van der Waals surface area (Å²) >= 11 is 0. The SMILES string of the molecule is O=c1ccccn1[C@H]1C[C@H](OCc2ccccc2)[C@@H](CO)O1. The second kappa shape index (κ2) is 6.87. The number of aliphatic hydroxyl groups excluding tert-OH is 1. The molecule has 1 aliphatic heterocycles. The molecule has 1 fully saturated rings. The number of aromatic nitrogens is 1.